The van der Waals surface area contributed by atoms with Crippen molar-refractivity contribution in [1.29, 1.82) is 0 Å². The number of methoxy groups -OCH3 is 1. The highest BCUT2D eigenvalue weighted by molar-refractivity contribution is 6.31. The molecule has 0 unspecified atom stereocenters. The fraction of sp³-hybridized carbons (Fsp3) is 0.533. The van der Waals surface area contributed by atoms with E-state index in [2.05, 4.69) is 6.92 Å². The van der Waals surface area contributed by atoms with E-state index in [1.165, 1.54) is 6.42 Å². The third kappa shape index (κ3) is 3.03. The summed E-state index contributed by atoms with van der Waals surface area (Å²) in [5.41, 5.74) is 0.565. The Balaban J connectivity index is 2.29. The molecule has 1 saturated heterocycles. The van der Waals surface area contributed by atoms with E-state index in [1.807, 2.05) is 4.90 Å². The molecule has 3 nitrogen and oxygen atoms in total. The van der Waals surface area contributed by atoms with Crippen LogP contribution in [0.15, 0.2) is 18.2 Å². The zero-order chi connectivity index (χ0) is 13.8. The van der Waals surface area contributed by atoms with Gasteiger partial charge < -0.3 is 9.64 Å². The maximum atomic E-state index is 12.7. The molecule has 2 rings (SSSR count). The van der Waals surface area contributed by atoms with Crippen molar-refractivity contribution >= 4 is 17.5 Å². The minimum Gasteiger partial charge on any atom is -0.496 e. The molecule has 0 bridgehead atoms. The van der Waals surface area contributed by atoms with Gasteiger partial charge >= 0.3 is 0 Å². The second-order valence-electron chi connectivity index (χ2n) is 4.90. The van der Waals surface area contributed by atoms with Crippen molar-refractivity contribution < 1.29 is 9.53 Å². The van der Waals surface area contributed by atoms with Gasteiger partial charge in [-0.1, -0.05) is 18.5 Å². The summed E-state index contributed by atoms with van der Waals surface area (Å²) >= 11 is 6.00. The lowest BCUT2D eigenvalue weighted by molar-refractivity contribution is 0.0604. The Kier molecular flexibility index (Phi) is 4.70. The number of carbonyl (C=O) groups excluding carboxylic acids is 1. The molecule has 1 fully saturated rings. The monoisotopic (exact) mass is 281 g/mol. The Bertz CT molecular complexity index is 461. The molecule has 0 radical (unpaired) electrons. The quantitative estimate of drug-likeness (QED) is 0.844. The number of piperidine rings is 1. The van der Waals surface area contributed by atoms with Gasteiger partial charge in [0.1, 0.15) is 5.75 Å². The second kappa shape index (κ2) is 6.29. The molecule has 104 valence electrons. The smallest absolute Gasteiger partial charge is 0.257 e. The van der Waals surface area contributed by atoms with Crippen LogP contribution in [0.2, 0.25) is 5.02 Å². The molecule has 1 aromatic carbocycles. The van der Waals surface area contributed by atoms with Crippen LogP contribution in [-0.4, -0.2) is 30.5 Å². The maximum absolute atomic E-state index is 12.7. The highest BCUT2D eigenvalue weighted by Crippen LogP contribution is 2.27. The van der Waals surface area contributed by atoms with Crippen LogP contribution in [-0.2, 0) is 0 Å². The number of benzene rings is 1. The van der Waals surface area contributed by atoms with Crippen molar-refractivity contribution in [3.05, 3.63) is 28.8 Å². The van der Waals surface area contributed by atoms with Crippen LogP contribution < -0.4 is 4.74 Å². The number of ether oxygens (including phenoxy) is 1. The standard InChI is InChI=1S/C15H20ClNO2/c1-3-12-6-4-5-9-17(12)15(18)13-10-11(16)7-8-14(13)19-2/h7-8,10,12H,3-6,9H2,1-2H3/t12-/m0/s1. The zero-order valence-corrected chi connectivity index (χ0v) is 12.2. The van der Waals surface area contributed by atoms with E-state index in [4.69, 9.17) is 16.3 Å². The lowest BCUT2D eigenvalue weighted by Gasteiger charge is -2.35. The lowest BCUT2D eigenvalue weighted by atomic mass is 9.98. The highest BCUT2D eigenvalue weighted by atomic mass is 35.5. The summed E-state index contributed by atoms with van der Waals surface area (Å²) in [6.07, 6.45) is 4.36. The van der Waals surface area contributed by atoms with E-state index in [0.717, 1.165) is 25.8 Å². The molecule has 1 heterocycles. The first-order valence-electron chi connectivity index (χ1n) is 6.82. The van der Waals surface area contributed by atoms with Gasteiger partial charge in [-0.25, -0.2) is 0 Å². The summed E-state index contributed by atoms with van der Waals surface area (Å²) < 4.78 is 5.28. The summed E-state index contributed by atoms with van der Waals surface area (Å²) in [6, 6.07) is 5.53. The van der Waals surface area contributed by atoms with Crippen LogP contribution in [0.3, 0.4) is 0 Å². The van der Waals surface area contributed by atoms with E-state index in [-0.39, 0.29) is 5.91 Å². The van der Waals surface area contributed by atoms with Gasteiger partial charge in [0.15, 0.2) is 0 Å². The van der Waals surface area contributed by atoms with Gasteiger partial charge in [-0.05, 0) is 43.9 Å². The molecular formula is C15H20ClNO2. The van der Waals surface area contributed by atoms with Gasteiger partial charge in [0.05, 0.1) is 12.7 Å². The third-order valence-electron chi connectivity index (χ3n) is 3.75. The Morgan fingerprint density at radius 2 is 2.26 bits per heavy atom. The first kappa shape index (κ1) is 14.2. The average molecular weight is 282 g/mol. The number of amides is 1. The molecule has 1 aliphatic heterocycles. The van der Waals surface area contributed by atoms with Crippen LogP contribution >= 0.6 is 11.6 Å². The number of hydrogen-bond donors (Lipinski definition) is 0. The van der Waals surface area contributed by atoms with Gasteiger partial charge in [0.2, 0.25) is 0 Å². The van der Waals surface area contributed by atoms with E-state index in [1.54, 1.807) is 25.3 Å². The number of nitrogens with zero attached hydrogens (tertiary/aromatic N) is 1. The third-order valence-corrected chi connectivity index (χ3v) is 3.99. The first-order valence-corrected chi connectivity index (χ1v) is 7.19. The van der Waals surface area contributed by atoms with E-state index >= 15 is 0 Å². The Labute approximate surface area is 119 Å². The molecular weight excluding hydrogens is 262 g/mol. The molecule has 1 amide bonds. The molecule has 1 aliphatic rings. The Morgan fingerprint density at radius 1 is 1.47 bits per heavy atom. The fourth-order valence-corrected chi connectivity index (χ4v) is 2.87. The summed E-state index contributed by atoms with van der Waals surface area (Å²) in [7, 11) is 1.58. The minimum absolute atomic E-state index is 0.0332. The molecule has 0 saturated carbocycles. The summed E-state index contributed by atoms with van der Waals surface area (Å²) in [6.45, 7) is 2.96. The van der Waals surface area contributed by atoms with Crippen molar-refractivity contribution in [3.63, 3.8) is 0 Å². The van der Waals surface area contributed by atoms with Gasteiger partial charge in [0.25, 0.3) is 5.91 Å². The normalized spacial score (nSPS) is 19.3. The maximum Gasteiger partial charge on any atom is 0.257 e. The van der Waals surface area contributed by atoms with Gasteiger partial charge in [-0.2, -0.15) is 0 Å². The topological polar surface area (TPSA) is 29.5 Å². The predicted octanol–water partition coefficient (Wildman–Crippen LogP) is 3.75. The molecule has 0 N–H and O–H groups in total. The van der Waals surface area contributed by atoms with Crippen molar-refractivity contribution in [3.8, 4) is 5.75 Å². The molecule has 19 heavy (non-hydrogen) atoms. The molecule has 0 spiro atoms. The van der Waals surface area contributed by atoms with Crippen LogP contribution in [0.25, 0.3) is 0 Å². The van der Waals surface area contributed by atoms with Crippen molar-refractivity contribution in [2.75, 3.05) is 13.7 Å². The number of likely N-dealkylation sites (tertiary alicyclic amines) is 1. The predicted molar refractivity (Wildman–Crippen MR) is 77.0 cm³/mol. The first-order chi connectivity index (χ1) is 9.17. The largest absolute Gasteiger partial charge is 0.496 e. The number of hydrogen-bond acceptors (Lipinski definition) is 2. The number of halogens is 1. The minimum atomic E-state index is 0.0332. The summed E-state index contributed by atoms with van der Waals surface area (Å²) in [4.78, 5) is 14.7. The van der Waals surface area contributed by atoms with Gasteiger partial charge in [-0.15, -0.1) is 0 Å². The SMILES string of the molecule is CC[C@H]1CCCCN1C(=O)c1cc(Cl)ccc1OC. The van der Waals surface area contributed by atoms with Gasteiger partial charge in [-0.3, -0.25) is 4.79 Å². The molecule has 4 heteroatoms. The van der Waals surface area contributed by atoms with Crippen LogP contribution in [0, 0.1) is 0 Å². The fourth-order valence-electron chi connectivity index (χ4n) is 2.69. The van der Waals surface area contributed by atoms with Crippen molar-refractivity contribution in [2.24, 2.45) is 0 Å². The van der Waals surface area contributed by atoms with Crippen LogP contribution in [0.4, 0.5) is 0 Å². The van der Waals surface area contributed by atoms with Crippen LogP contribution in [0.5, 0.6) is 5.75 Å². The van der Waals surface area contributed by atoms with Crippen molar-refractivity contribution in [2.45, 2.75) is 38.6 Å². The molecule has 1 aromatic rings. The molecule has 0 aromatic heterocycles. The van der Waals surface area contributed by atoms with E-state index < -0.39 is 0 Å². The highest BCUT2D eigenvalue weighted by Gasteiger charge is 2.27. The van der Waals surface area contributed by atoms with E-state index in [9.17, 15) is 4.79 Å². The lowest BCUT2D eigenvalue weighted by Crippen LogP contribution is -2.43. The summed E-state index contributed by atoms with van der Waals surface area (Å²) in [5, 5.41) is 0.564. The Morgan fingerprint density at radius 3 is 2.95 bits per heavy atom. The van der Waals surface area contributed by atoms with Gasteiger partial charge in [0, 0.05) is 17.6 Å². The number of carbonyl (C=O) groups is 1. The molecule has 1 atom stereocenters. The number of rotatable bonds is 3. The zero-order valence-electron chi connectivity index (χ0n) is 11.5. The average Bonchev–Trinajstić information content (AvgIpc) is 2.46. The Hall–Kier alpha value is -1.22. The molecule has 0 aliphatic carbocycles. The van der Waals surface area contributed by atoms with E-state index in [0.29, 0.717) is 22.4 Å². The second-order valence-corrected chi connectivity index (χ2v) is 5.34. The van der Waals surface area contributed by atoms with Crippen molar-refractivity contribution in [1.82, 2.24) is 4.90 Å². The van der Waals surface area contributed by atoms with Crippen LogP contribution in [0.1, 0.15) is 43.0 Å². The summed E-state index contributed by atoms with van der Waals surface area (Å²) in [5.74, 6) is 0.626.